The number of fused-ring (bicyclic) bond motifs is 1. The summed E-state index contributed by atoms with van der Waals surface area (Å²) in [5.74, 6) is 0.307. The Labute approximate surface area is 160 Å². The predicted octanol–water partition coefficient (Wildman–Crippen LogP) is 3.64. The molecule has 0 spiro atoms. The number of Topliss-reactive ketones (excluding diaryl/α,β-unsaturated/α-hetero) is 1. The van der Waals surface area contributed by atoms with Crippen LogP contribution >= 0.6 is 23.1 Å². The molecule has 0 amide bonds. The number of thiophene rings is 1. The molecule has 0 aliphatic heterocycles. The number of rotatable bonds is 8. The Morgan fingerprint density at radius 3 is 2.81 bits per heavy atom. The van der Waals surface area contributed by atoms with Gasteiger partial charge in [-0.3, -0.25) is 14.2 Å². The van der Waals surface area contributed by atoms with E-state index in [2.05, 4.69) is 11.9 Å². The minimum absolute atomic E-state index is 0.0559. The fourth-order valence-corrected chi connectivity index (χ4v) is 4.44. The number of carbonyl (C=O) groups is 1. The van der Waals surface area contributed by atoms with Gasteiger partial charge in [0.05, 0.1) is 34.7 Å². The number of hydrogen-bond acceptors (Lipinski definition) is 6. The second-order valence-corrected chi connectivity index (χ2v) is 7.80. The molecule has 0 unspecified atom stereocenters. The predicted molar refractivity (Wildman–Crippen MR) is 107 cm³/mol. The summed E-state index contributed by atoms with van der Waals surface area (Å²) in [7, 11) is 1.60. The molecule has 7 heteroatoms. The Morgan fingerprint density at radius 1 is 1.27 bits per heavy atom. The smallest absolute Gasteiger partial charge is 0.262 e. The SMILES string of the molecule is CCc1ccc(C(=O)CSc2nc3ccccc3c(=O)n2CCOC)s1. The van der Waals surface area contributed by atoms with Crippen LogP contribution in [0.1, 0.15) is 21.5 Å². The van der Waals surface area contributed by atoms with E-state index in [-0.39, 0.29) is 17.1 Å². The molecule has 0 saturated carbocycles. The summed E-state index contributed by atoms with van der Waals surface area (Å²) in [5, 5.41) is 1.12. The number of aryl methyl sites for hydroxylation is 1. The first-order chi connectivity index (χ1) is 12.6. The van der Waals surface area contributed by atoms with E-state index in [9.17, 15) is 9.59 Å². The van der Waals surface area contributed by atoms with E-state index in [1.807, 2.05) is 30.3 Å². The molecule has 0 bridgehead atoms. The van der Waals surface area contributed by atoms with Crippen molar-refractivity contribution in [2.45, 2.75) is 25.0 Å². The van der Waals surface area contributed by atoms with Crippen molar-refractivity contribution in [2.75, 3.05) is 19.5 Å². The number of nitrogens with zero attached hydrogens (tertiary/aromatic N) is 2. The van der Waals surface area contributed by atoms with Crippen molar-refractivity contribution in [1.82, 2.24) is 9.55 Å². The first-order valence-corrected chi connectivity index (χ1v) is 10.2. The molecule has 0 radical (unpaired) electrons. The van der Waals surface area contributed by atoms with Crippen LogP contribution in [0.3, 0.4) is 0 Å². The molecular weight excluding hydrogens is 368 g/mol. The lowest BCUT2D eigenvalue weighted by Gasteiger charge is -2.12. The maximum absolute atomic E-state index is 12.8. The van der Waals surface area contributed by atoms with Gasteiger partial charge in [0, 0.05) is 12.0 Å². The standard InChI is InChI=1S/C19H20N2O3S2/c1-3-13-8-9-17(26-13)16(22)12-25-19-20-15-7-5-4-6-14(15)18(23)21(19)10-11-24-2/h4-9H,3,10-12H2,1-2H3. The topological polar surface area (TPSA) is 61.2 Å². The fourth-order valence-electron chi connectivity index (χ4n) is 2.56. The Kier molecular flexibility index (Phi) is 6.24. The summed E-state index contributed by atoms with van der Waals surface area (Å²) in [5.41, 5.74) is 0.539. The third-order valence-corrected chi connectivity index (χ3v) is 6.21. The van der Waals surface area contributed by atoms with Gasteiger partial charge in [0.25, 0.3) is 5.56 Å². The first kappa shape index (κ1) is 18.8. The number of ether oxygens (including phenoxy) is 1. The number of carbonyl (C=O) groups excluding carboxylic acids is 1. The van der Waals surface area contributed by atoms with Crippen molar-refractivity contribution >= 4 is 39.8 Å². The molecule has 0 N–H and O–H groups in total. The number of para-hydroxylation sites is 1. The highest BCUT2D eigenvalue weighted by Gasteiger charge is 2.15. The van der Waals surface area contributed by atoms with Crippen LogP contribution < -0.4 is 5.56 Å². The van der Waals surface area contributed by atoms with Gasteiger partial charge in [0.2, 0.25) is 0 Å². The number of aromatic nitrogens is 2. The molecule has 5 nitrogen and oxygen atoms in total. The van der Waals surface area contributed by atoms with Gasteiger partial charge in [0.15, 0.2) is 10.9 Å². The molecule has 2 heterocycles. The van der Waals surface area contributed by atoms with Crippen LogP contribution in [-0.2, 0) is 17.7 Å². The van der Waals surface area contributed by atoms with E-state index >= 15 is 0 Å². The fraction of sp³-hybridized carbons (Fsp3) is 0.316. The highest BCUT2D eigenvalue weighted by Crippen LogP contribution is 2.22. The molecule has 0 aliphatic carbocycles. The van der Waals surface area contributed by atoms with Crippen LogP contribution in [0.4, 0.5) is 0 Å². The lowest BCUT2D eigenvalue weighted by molar-refractivity contribution is 0.102. The lowest BCUT2D eigenvalue weighted by atomic mass is 10.2. The highest BCUT2D eigenvalue weighted by molar-refractivity contribution is 7.99. The van der Waals surface area contributed by atoms with Crippen LogP contribution in [-0.4, -0.2) is 34.8 Å². The van der Waals surface area contributed by atoms with E-state index in [1.54, 1.807) is 17.7 Å². The van der Waals surface area contributed by atoms with Crippen molar-refractivity contribution in [3.8, 4) is 0 Å². The Hall–Kier alpha value is -1.96. The average Bonchev–Trinajstić information content (AvgIpc) is 3.15. The summed E-state index contributed by atoms with van der Waals surface area (Å²) < 4.78 is 6.71. The molecule has 0 aliphatic rings. The van der Waals surface area contributed by atoms with Crippen molar-refractivity contribution in [3.63, 3.8) is 0 Å². The van der Waals surface area contributed by atoms with Gasteiger partial charge in [0.1, 0.15) is 0 Å². The molecule has 2 aromatic heterocycles. The molecule has 136 valence electrons. The van der Waals surface area contributed by atoms with Crippen LogP contribution in [0.5, 0.6) is 0 Å². The first-order valence-electron chi connectivity index (χ1n) is 8.37. The van der Waals surface area contributed by atoms with Crippen LogP contribution in [0.25, 0.3) is 10.9 Å². The van der Waals surface area contributed by atoms with Gasteiger partial charge in [-0.25, -0.2) is 4.98 Å². The zero-order valence-electron chi connectivity index (χ0n) is 14.7. The zero-order valence-corrected chi connectivity index (χ0v) is 16.4. The van der Waals surface area contributed by atoms with Crippen molar-refractivity contribution < 1.29 is 9.53 Å². The second-order valence-electron chi connectivity index (χ2n) is 5.69. The number of benzene rings is 1. The molecule has 0 fully saturated rings. The summed E-state index contributed by atoms with van der Waals surface area (Å²) in [4.78, 5) is 31.8. The Balaban J connectivity index is 1.87. The molecule has 0 saturated heterocycles. The van der Waals surface area contributed by atoms with E-state index in [1.165, 1.54) is 28.0 Å². The average molecular weight is 389 g/mol. The minimum Gasteiger partial charge on any atom is -0.383 e. The Morgan fingerprint density at radius 2 is 2.08 bits per heavy atom. The summed E-state index contributed by atoms with van der Waals surface area (Å²) in [6, 6.07) is 11.1. The molecule has 3 aromatic rings. The highest BCUT2D eigenvalue weighted by atomic mass is 32.2. The number of hydrogen-bond donors (Lipinski definition) is 0. The van der Waals surface area contributed by atoms with Crippen LogP contribution in [0.15, 0.2) is 46.3 Å². The van der Waals surface area contributed by atoms with Crippen molar-refractivity contribution in [2.24, 2.45) is 0 Å². The van der Waals surface area contributed by atoms with Crippen LogP contribution in [0, 0.1) is 0 Å². The molecule has 1 aromatic carbocycles. The number of thioether (sulfide) groups is 1. The minimum atomic E-state index is -0.105. The second kappa shape index (κ2) is 8.62. The van der Waals surface area contributed by atoms with Crippen molar-refractivity contribution in [1.29, 1.82) is 0 Å². The van der Waals surface area contributed by atoms with E-state index in [0.29, 0.717) is 29.2 Å². The van der Waals surface area contributed by atoms with Gasteiger partial charge < -0.3 is 4.74 Å². The zero-order chi connectivity index (χ0) is 18.5. The quantitative estimate of drug-likeness (QED) is 0.335. The molecular formula is C19H20N2O3S2. The molecule has 26 heavy (non-hydrogen) atoms. The maximum Gasteiger partial charge on any atom is 0.262 e. The molecule has 0 atom stereocenters. The van der Waals surface area contributed by atoms with Crippen LogP contribution in [0.2, 0.25) is 0 Å². The van der Waals surface area contributed by atoms with Gasteiger partial charge >= 0.3 is 0 Å². The third-order valence-electron chi connectivity index (χ3n) is 3.96. The maximum atomic E-state index is 12.8. The van der Waals surface area contributed by atoms with Crippen molar-refractivity contribution in [3.05, 3.63) is 56.5 Å². The van der Waals surface area contributed by atoms with E-state index in [0.717, 1.165) is 11.3 Å². The Bertz CT molecular complexity index is 978. The number of methoxy groups -OCH3 is 1. The monoisotopic (exact) mass is 388 g/mol. The van der Waals surface area contributed by atoms with Gasteiger partial charge in [-0.15, -0.1) is 11.3 Å². The molecule has 3 rings (SSSR count). The summed E-state index contributed by atoms with van der Waals surface area (Å²) in [6.07, 6.45) is 0.924. The van der Waals surface area contributed by atoms with Gasteiger partial charge in [-0.1, -0.05) is 30.8 Å². The van der Waals surface area contributed by atoms with E-state index < -0.39 is 0 Å². The van der Waals surface area contributed by atoms with Gasteiger partial charge in [-0.05, 0) is 30.7 Å². The normalized spacial score (nSPS) is 11.2. The van der Waals surface area contributed by atoms with E-state index in [4.69, 9.17) is 4.74 Å². The summed E-state index contributed by atoms with van der Waals surface area (Å²) >= 11 is 2.83. The lowest BCUT2D eigenvalue weighted by Crippen LogP contribution is -2.25. The van der Waals surface area contributed by atoms with Gasteiger partial charge in [-0.2, -0.15) is 0 Å². The summed E-state index contributed by atoms with van der Waals surface area (Å²) in [6.45, 7) is 2.89. The third kappa shape index (κ3) is 4.06. The largest absolute Gasteiger partial charge is 0.383 e. The number of ketones is 1.